The second kappa shape index (κ2) is 6.22. The highest BCUT2D eigenvalue weighted by Gasteiger charge is 2.34. The van der Waals surface area contributed by atoms with Gasteiger partial charge in [0.2, 0.25) is 0 Å². The summed E-state index contributed by atoms with van der Waals surface area (Å²) in [4.78, 5) is 0. The molecule has 0 bridgehead atoms. The second-order valence-corrected chi connectivity index (χ2v) is 7.62. The van der Waals surface area contributed by atoms with Gasteiger partial charge in [-0.1, -0.05) is 41.0 Å². The van der Waals surface area contributed by atoms with E-state index < -0.39 is 0 Å². The van der Waals surface area contributed by atoms with Gasteiger partial charge in [0.05, 0.1) is 0 Å². The molecule has 1 aliphatic rings. The van der Waals surface area contributed by atoms with E-state index in [-0.39, 0.29) is 0 Å². The van der Waals surface area contributed by atoms with Crippen LogP contribution in [0.3, 0.4) is 0 Å². The molecule has 0 spiro atoms. The lowest BCUT2D eigenvalue weighted by Crippen LogP contribution is -2.28. The fourth-order valence-corrected chi connectivity index (χ4v) is 3.12. The Morgan fingerprint density at radius 3 is 2.59 bits per heavy atom. The normalized spacial score (nSPS) is 29.8. The predicted octanol–water partition coefficient (Wildman–Crippen LogP) is 4.76. The van der Waals surface area contributed by atoms with Gasteiger partial charge in [-0.2, -0.15) is 0 Å². The first-order valence-electron chi connectivity index (χ1n) is 7.58. The highest BCUT2D eigenvalue weighted by atomic mass is 14.9. The fraction of sp³-hybridized carbons (Fsp3) is 1.00. The van der Waals surface area contributed by atoms with Crippen LogP contribution in [0.1, 0.15) is 79.6 Å². The molecule has 0 aliphatic heterocycles. The summed E-state index contributed by atoms with van der Waals surface area (Å²) in [7, 11) is 0. The Kier molecular flexibility index (Phi) is 5.50. The van der Waals surface area contributed by atoms with Crippen molar-refractivity contribution in [1.82, 2.24) is 5.32 Å². The van der Waals surface area contributed by atoms with Gasteiger partial charge in [-0.05, 0) is 55.9 Å². The maximum Gasteiger partial charge on any atom is 0.00724 e. The monoisotopic (exact) mass is 239 g/mol. The van der Waals surface area contributed by atoms with Gasteiger partial charge in [0, 0.05) is 6.04 Å². The van der Waals surface area contributed by atoms with E-state index in [1.54, 1.807) is 0 Å². The topological polar surface area (TPSA) is 12.0 Å². The first-order chi connectivity index (χ1) is 7.85. The Hall–Kier alpha value is -0.0400. The highest BCUT2D eigenvalue weighted by molar-refractivity contribution is 4.89. The second-order valence-electron chi connectivity index (χ2n) is 7.62. The Labute approximate surface area is 109 Å². The molecule has 0 heterocycles. The molecule has 0 aromatic carbocycles. The Morgan fingerprint density at radius 2 is 2.00 bits per heavy atom. The standard InChI is InChI=1S/C16H33N/c1-6-12-17-14-8-11-16(5,13-14)10-7-9-15(2,3)4/h14,17H,6-13H2,1-5H3. The Bertz CT molecular complexity index is 216. The van der Waals surface area contributed by atoms with Crippen LogP contribution in [-0.2, 0) is 0 Å². The average molecular weight is 239 g/mol. The third-order valence-electron chi connectivity index (χ3n) is 4.23. The van der Waals surface area contributed by atoms with Crippen LogP contribution < -0.4 is 5.32 Å². The molecule has 0 radical (unpaired) electrons. The summed E-state index contributed by atoms with van der Waals surface area (Å²) in [6, 6.07) is 0.801. The summed E-state index contributed by atoms with van der Waals surface area (Å²) in [5.41, 5.74) is 1.13. The zero-order valence-corrected chi connectivity index (χ0v) is 12.7. The van der Waals surface area contributed by atoms with E-state index in [9.17, 15) is 0 Å². The van der Waals surface area contributed by atoms with Crippen molar-refractivity contribution in [1.29, 1.82) is 0 Å². The van der Waals surface area contributed by atoms with E-state index >= 15 is 0 Å². The molecule has 1 aliphatic carbocycles. The van der Waals surface area contributed by atoms with Crippen LogP contribution >= 0.6 is 0 Å². The number of hydrogen-bond donors (Lipinski definition) is 1. The lowest BCUT2D eigenvalue weighted by atomic mass is 9.80. The first kappa shape index (κ1) is 15.0. The van der Waals surface area contributed by atoms with Gasteiger partial charge in [0.25, 0.3) is 0 Å². The van der Waals surface area contributed by atoms with E-state index in [4.69, 9.17) is 0 Å². The van der Waals surface area contributed by atoms with Crippen molar-refractivity contribution in [3.8, 4) is 0 Å². The van der Waals surface area contributed by atoms with Gasteiger partial charge < -0.3 is 5.32 Å². The maximum absolute atomic E-state index is 3.69. The summed E-state index contributed by atoms with van der Waals surface area (Å²) >= 11 is 0. The zero-order valence-electron chi connectivity index (χ0n) is 12.7. The van der Waals surface area contributed by atoms with Crippen LogP contribution in [0.4, 0.5) is 0 Å². The van der Waals surface area contributed by atoms with Gasteiger partial charge in [-0.25, -0.2) is 0 Å². The fourth-order valence-electron chi connectivity index (χ4n) is 3.12. The van der Waals surface area contributed by atoms with Crippen LogP contribution in [0, 0.1) is 10.8 Å². The first-order valence-corrected chi connectivity index (χ1v) is 7.58. The maximum atomic E-state index is 3.69. The molecule has 1 N–H and O–H groups in total. The lowest BCUT2D eigenvalue weighted by molar-refractivity contribution is 0.259. The molecular formula is C16H33N. The number of rotatable bonds is 6. The minimum atomic E-state index is 0.509. The van der Waals surface area contributed by atoms with Crippen molar-refractivity contribution < 1.29 is 0 Å². The summed E-state index contributed by atoms with van der Waals surface area (Å²) in [6.45, 7) is 13.0. The quantitative estimate of drug-likeness (QED) is 0.704. The molecule has 2 unspecified atom stereocenters. The molecule has 1 rings (SSSR count). The van der Waals surface area contributed by atoms with E-state index in [0.717, 1.165) is 6.04 Å². The van der Waals surface area contributed by atoms with Crippen molar-refractivity contribution in [2.24, 2.45) is 10.8 Å². The molecule has 0 aromatic heterocycles. The van der Waals surface area contributed by atoms with Crippen molar-refractivity contribution in [2.75, 3.05) is 6.54 Å². The third kappa shape index (κ3) is 5.90. The van der Waals surface area contributed by atoms with Gasteiger partial charge in [0.1, 0.15) is 0 Å². The van der Waals surface area contributed by atoms with Gasteiger partial charge in [-0.3, -0.25) is 0 Å². The Balaban J connectivity index is 2.24. The van der Waals surface area contributed by atoms with Crippen molar-refractivity contribution in [2.45, 2.75) is 85.6 Å². The molecule has 1 heteroatoms. The van der Waals surface area contributed by atoms with Crippen LogP contribution in [0.15, 0.2) is 0 Å². The average Bonchev–Trinajstić information content (AvgIpc) is 2.55. The minimum Gasteiger partial charge on any atom is -0.314 e. The molecule has 1 fully saturated rings. The van der Waals surface area contributed by atoms with Crippen LogP contribution in [-0.4, -0.2) is 12.6 Å². The largest absolute Gasteiger partial charge is 0.314 e. The SMILES string of the molecule is CCCNC1CCC(C)(CCCC(C)(C)C)C1. The molecule has 1 saturated carbocycles. The highest BCUT2D eigenvalue weighted by Crippen LogP contribution is 2.42. The summed E-state index contributed by atoms with van der Waals surface area (Å²) in [5.74, 6) is 0. The van der Waals surface area contributed by atoms with Crippen LogP contribution in [0.25, 0.3) is 0 Å². The molecule has 0 saturated heterocycles. The molecule has 17 heavy (non-hydrogen) atoms. The van der Waals surface area contributed by atoms with Crippen LogP contribution in [0.2, 0.25) is 0 Å². The van der Waals surface area contributed by atoms with Gasteiger partial charge in [0.15, 0.2) is 0 Å². The van der Waals surface area contributed by atoms with Crippen molar-refractivity contribution in [3.05, 3.63) is 0 Å². The summed E-state index contributed by atoms with van der Waals surface area (Å²) < 4.78 is 0. The lowest BCUT2D eigenvalue weighted by Gasteiger charge is -2.26. The smallest absolute Gasteiger partial charge is 0.00724 e. The molecule has 0 aromatic rings. The molecular weight excluding hydrogens is 206 g/mol. The number of nitrogens with one attached hydrogen (secondary N) is 1. The summed E-state index contributed by atoms with van der Waals surface area (Å²) in [6.07, 6.45) is 9.68. The van der Waals surface area contributed by atoms with E-state index in [1.165, 1.54) is 51.5 Å². The van der Waals surface area contributed by atoms with E-state index in [1.807, 2.05) is 0 Å². The number of hydrogen-bond acceptors (Lipinski definition) is 1. The zero-order chi connectivity index (χ0) is 12.9. The van der Waals surface area contributed by atoms with Gasteiger partial charge in [-0.15, -0.1) is 0 Å². The van der Waals surface area contributed by atoms with E-state index in [0.29, 0.717) is 10.8 Å². The minimum absolute atomic E-state index is 0.509. The molecule has 2 atom stereocenters. The molecule has 102 valence electrons. The third-order valence-corrected chi connectivity index (χ3v) is 4.23. The van der Waals surface area contributed by atoms with Crippen LogP contribution in [0.5, 0.6) is 0 Å². The predicted molar refractivity (Wildman–Crippen MR) is 77.3 cm³/mol. The van der Waals surface area contributed by atoms with E-state index in [2.05, 4.69) is 39.9 Å². The molecule has 0 amide bonds. The van der Waals surface area contributed by atoms with Crippen molar-refractivity contribution in [3.63, 3.8) is 0 Å². The van der Waals surface area contributed by atoms with Crippen molar-refractivity contribution >= 4 is 0 Å². The van der Waals surface area contributed by atoms with Gasteiger partial charge >= 0.3 is 0 Å². The Morgan fingerprint density at radius 1 is 1.29 bits per heavy atom. The summed E-state index contributed by atoms with van der Waals surface area (Å²) in [5, 5.41) is 3.69. The molecule has 1 nitrogen and oxygen atoms in total.